The second-order valence-corrected chi connectivity index (χ2v) is 4.05. The highest BCUT2D eigenvalue weighted by Gasteiger charge is 2.63. The molecule has 2 heterocycles. The largest absolute Gasteiger partial charge is 0.315 e. The second-order valence-electron chi connectivity index (χ2n) is 4.05. The Balaban J connectivity index is 2.52. The number of amides is 2. The van der Waals surface area contributed by atoms with E-state index < -0.39 is 10.8 Å². The zero-order valence-electron chi connectivity index (χ0n) is 7.23. The number of carbonyl (C=O) groups is 2. The third kappa shape index (κ3) is 0.579. The smallest absolute Gasteiger partial charge is 0.234 e. The van der Waals surface area contributed by atoms with Crippen molar-refractivity contribution in [3.8, 4) is 0 Å². The van der Waals surface area contributed by atoms with Gasteiger partial charge in [-0.3, -0.25) is 14.9 Å². The van der Waals surface area contributed by atoms with E-state index in [1.807, 2.05) is 13.8 Å². The van der Waals surface area contributed by atoms with Gasteiger partial charge in [-0.2, -0.15) is 0 Å². The molecule has 2 amide bonds. The Hall–Kier alpha value is -0.900. The minimum Gasteiger partial charge on any atom is -0.315 e. The zero-order valence-corrected chi connectivity index (χ0v) is 7.23. The van der Waals surface area contributed by atoms with Crippen LogP contribution in [0.4, 0.5) is 0 Å². The molecule has 4 nitrogen and oxygen atoms in total. The summed E-state index contributed by atoms with van der Waals surface area (Å²) in [5.41, 5.74) is -1.08. The van der Waals surface area contributed by atoms with Crippen LogP contribution >= 0.6 is 0 Å². The predicted octanol–water partition coefficient (Wildman–Crippen LogP) is -0.741. The molecule has 66 valence electrons. The summed E-state index contributed by atoms with van der Waals surface area (Å²) in [5.74, 6) is -0.278. The van der Waals surface area contributed by atoms with Crippen LogP contribution < -0.4 is 10.6 Å². The van der Waals surface area contributed by atoms with Crippen LogP contribution in [0.25, 0.3) is 0 Å². The average molecular weight is 168 g/mol. The fourth-order valence-electron chi connectivity index (χ4n) is 1.99. The van der Waals surface area contributed by atoms with E-state index in [4.69, 9.17) is 0 Å². The monoisotopic (exact) mass is 168 g/mol. The molecule has 0 aromatic rings. The second kappa shape index (κ2) is 1.88. The molecule has 4 heteroatoms. The molecular weight excluding hydrogens is 156 g/mol. The lowest BCUT2D eigenvalue weighted by molar-refractivity contribution is -0.128. The van der Waals surface area contributed by atoms with Crippen molar-refractivity contribution in [2.24, 2.45) is 10.8 Å². The summed E-state index contributed by atoms with van der Waals surface area (Å²) in [6, 6.07) is 0. The molecule has 0 bridgehead atoms. The Morgan fingerprint density at radius 1 is 1.08 bits per heavy atom. The molecule has 0 unspecified atom stereocenters. The Kier molecular flexibility index (Phi) is 1.21. The highest BCUT2D eigenvalue weighted by atomic mass is 16.2. The van der Waals surface area contributed by atoms with Crippen molar-refractivity contribution in [2.45, 2.75) is 13.8 Å². The molecular formula is C8H12N2O2. The summed E-state index contributed by atoms with van der Waals surface area (Å²) >= 11 is 0. The number of hydrogen-bond donors (Lipinski definition) is 2. The van der Waals surface area contributed by atoms with Crippen molar-refractivity contribution in [2.75, 3.05) is 13.1 Å². The lowest BCUT2D eigenvalue weighted by Gasteiger charge is -2.26. The molecule has 2 aliphatic rings. The maximum absolute atomic E-state index is 11.4. The van der Waals surface area contributed by atoms with Gasteiger partial charge in [0, 0.05) is 13.1 Å². The number of nitrogens with one attached hydrogen (secondary N) is 2. The van der Waals surface area contributed by atoms with E-state index in [1.54, 1.807) is 0 Å². The van der Waals surface area contributed by atoms with Gasteiger partial charge >= 0.3 is 0 Å². The van der Waals surface area contributed by atoms with Crippen LogP contribution in [0, 0.1) is 10.8 Å². The highest BCUT2D eigenvalue weighted by molar-refractivity contribution is 6.10. The van der Waals surface area contributed by atoms with Crippen LogP contribution in [0.5, 0.6) is 0 Å². The van der Waals surface area contributed by atoms with Crippen LogP contribution in [0.2, 0.25) is 0 Å². The topological polar surface area (TPSA) is 58.2 Å². The summed E-state index contributed by atoms with van der Waals surface area (Å²) in [5, 5.41) is 5.47. The van der Waals surface area contributed by atoms with E-state index in [0.717, 1.165) is 0 Å². The molecule has 2 aliphatic heterocycles. The number of hydrogen-bond acceptors (Lipinski definition) is 3. The number of carbonyl (C=O) groups excluding carboxylic acids is 2. The number of fused-ring (bicyclic) bond motifs is 1. The fourth-order valence-corrected chi connectivity index (χ4v) is 1.99. The van der Waals surface area contributed by atoms with E-state index in [0.29, 0.717) is 13.1 Å². The molecule has 0 saturated carbocycles. The third-order valence-corrected chi connectivity index (χ3v) is 3.40. The van der Waals surface area contributed by atoms with Crippen LogP contribution in [0.15, 0.2) is 0 Å². The first-order chi connectivity index (χ1) is 5.51. The number of imide groups is 1. The van der Waals surface area contributed by atoms with Gasteiger partial charge in [0.05, 0.1) is 10.8 Å². The van der Waals surface area contributed by atoms with Crippen LogP contribution in [0.1, 0.15) is 13.8 Å². The fraction of sp³-hybridized carbons (Fsp3) is 0.750. The Labute approximate surface area is 70.7 Å². The van der Waals surface area contributed by atoms with Gasteiger partial charge in [0.1, 0.15) is 0 Å². The molecule has 0 aromatic carbocycles. The van der Waals surface area contributed by atoms with E-state index in [9.17, 15) is 9.59 Å². The molecule has 12 heavy (non-hydrogen) atoms. The minimum absolute atomic E-state index is 0.139. The van der Waals surface area contributed by atoms with Gasteiger partial charge in [-0.15, -0.1) is 0 Å². The summed E-state index contributed by atoms with van der Waals surface area (Å²) < 4.78 is 0. The average Bonchev–Trinajstić information content (AvgIpc) is 2.37. The van der Waals surface area contributed by atoms with E-state index in [-0.39, 0.29) is 11.8 Å². The minimum atomic E-state index is -0.538. The summed E-state index contributed by atoms with van der Waals surface area (Å²) in [6.45, 7) is 4.88. The van der Waals surface area contributed by atoms with Gasteiger partial charge in [-0.1, -0.05) is 0 Å². The van der Waals surface area contributed by atoms with Crippen molar-refractivity contribution in [3.05, 3.63) is 0 Å². The molecule has 2 fully saturated rings. The molecule has 0 aromatic heterocycles. The van der Waals surface area contributed by atoms with Crippen molar-refractivity contribution >= 4 is 11.8 Å². The molecule has 0 spiro atoms. The Bertz CT molecular complexity index is 250. The first kappa shape index (κ1) is 7.73. The Morgan fingerprint density at radius 3 is 1.92 bits per heavy atom. The van der Waals surface area contributed by atoms with Gasteiger partial charge in [-0.25, -0.2) is 0 Å². The first-order valence-corrected chi connectivity index (χ1v) is 4.07. The SMILES string of the molecule is C[C@@]12CNC[C@]1(C)C(=O)NC2=O. The predicted molar refractivity (Wildman–Crippen MR) is 42.2 cm³/mol. The van der Waals surface area contributed by atoms with E-state index in [1.165, 1.54) is 0 Å². The molecule has 2 atom stereocenters. The lowest BCUT2D eigenvalue weighted by atomic mass is 9.70. The number of rotatable bonds is 0. The molecule has 2 N–H and O–H groups in total. The molecule has 2 saturated heterocycles. The molecule has 0 aliphatic carbocycles. The molecule has 2 rings (SSSR count). The Morgan fingerprint density at radius 2 is 1.50 bits per heavy atom. The van der Waals surface area contributed by atoms with Gasteiger partial charge in [-0.05, 0) is 13.8 Å². The van der Waals surface area contributed by atoms with Gasteiger partial charge in [0.2, 0.25) is 11.8 Å². The van der Waals surface area contributed by atoms with Gasteiger partial charge in [0.25, 0.3) is 0 Å². The first-order valence-electron chi connectivity index (χ1n) is 4.07. The van der Waals surface area contributed by atoms with Gasteiger partial charge < -0.3 is 5.32 Å². The van der Waals surface area contributed by atoms with E-state index >= 15 is 0 Å². The van der Waals surface area contributed by atoms with Crippen molar-refractivity contribution in [3.63, 3.8) is 0 Å². The quantitative estimate of drug-likeness (QED) is 0.468. The van der Waals surface area contributed by atoms with Gasteiger partial charge in [0.15, 0.2) is 0 Å². The standard InChI is InChI=1S/C8H12N2O2/c1-7-3-9-4-8(7,2)6(12)10-5(7)11/h9H,3-4H2,1-2H3,(H,10,11,12)/t7-,8+. The highest BCUT2D eigenvalue weighted by Crippen LogP contribution is 2.46. The van der Waals surface area contributed by atoms with Crippen molar-refractivity contribution in [1.29, 1.82) is 0 Å². The maximum Gasteiger partial charge on any atom is 0.234 e. The maximum atomic E-state index is 11.4. The summed E-state index contributed by atoms with van der Waals surface area (Å²) in [6.07, 6.45) is 0. The summed E-state index contributed by atoms with van der Waals surface area (Å²) in [4.78, 5) is 22.8. The van der Waals surface area contributed by atoms with Crippen LogP contribution in [-0.4, -0.2) is 24.9 Å². The van der Waals surface area contributed by atoms with Crippen molar-refractivity contribution < 1.29 is 9.59 Å². The van der Waals surface area contributed by atoms with Crippen molar-refractivity contribution in [1.82, 2.24) is 10.6 Å². The summed E-state index contributed by atoms with van der Waals surface area (Å²) in [7, 11) is 0. The third-order valence-electron chi connectivity index (χ3n) is 3.40. The lowest BCUT2D eigenvalue weighted by Crippen LogP contribution is -2.38. The van der Waals surface area contributed by atoms with E-state index in [2.05, 4.69) is 10.6 Å². The van der Waals surface area contributed by atoms with Crippen LogP contribution in [-0.2, 0) is 9.59 Å². The molecule has 0 radical (unpaired) electrons. The zero-order chi connectivity index (χ0) is 8.98. The normalized spacial score (nSPS) is 46.2. The van der Waals surface area contributed by atoms with Crippen LogP contribution in [0.3, 0.4) is 0 Å².